The fourth-order valence-corrected chi connectivity index (χ4v) is 2.52. The summed E-state index contributed by atoms with van der Waals surface area (Å²) >= 11 is 0. The number of likely N-dealkylation sites (N-methyl/N-ethyl adjacent to an activating group) is 1. The molecule has 1 unspecified atom stereocenters. The summed E-state index contributed by atoms with van der Waals surface area (Å²) in [6.45, 7) is 7.13. The van der Waals surface area contributed by atoms with Gasteiger partial charge in [-0.25, -0.2) is 0 Å². The third kappa shape index (κ3) is 4.52. The normalized spacial score (nSPS) is 18.1. The topological polar surface area (TPSA) is 48.3 Å². The molecule has 0 saturated carbocycles. The average Bonchev–Trinajstić information content (AvgIpc) is 3.00. The number of nitrogens with zero attached hydrogens (tertiary/aromatic N) is 2. The molecule has 108 valence electrons. The van der Waals surface area contributed by atoms with Crippen molar-refractivity contribution in [2.45, 2.75) is 25.8 Å². The van der Waals surface area contributed by atoms with Crippen LogP contribution in [0.15, 0.2) is 24.3 Å². The van der Waals surface area contributed by atoms with Crippen LogP contribution in [-0.4, -0.2) is 43.7 Å². The monoisotopic (exact) mass is 273 g/mol. The number of hydrogen-bond acceptors (Lipinski definition) is 4. The molecule has 1 aliphatic rings. The summed E-state index contributed by atoms with van der Waals surface area (Å²) in [6, 6.07) is 10.0. The first-order chi connectivity index (χ1) is 9.81. The lowest BCUT2D eigenvalue weighted by Gasteiger charge is -2.24. The molecule has 1 saturated heterocycles. The molecule has 0 spiro atoms. The molecule has 2 rings (SSSR count). The summed E-state index contributed by atoms with van der Waals surface area (Å²) < 4.78 is 5.73. The molecule has 0 aliphatic carbocycles. The molecule has 1 aliphatic heterocycles. The Morgan fingerprint density at radius 3 is 2.80 bits per heavy atom. The van der Waals surface area contributed by atoms with Crippen LogP contribution in [0.2, 0.25) is 0 Å². The van der Waals surface area contributed by atoms with Crippen molar-refractivity contribution in [1.82, 2.24) is 10.2 Å². The van der Waals surface area contributed by atoms with Crippen molar-refractivity contribution in [2.24, 2.45) is 0 Å². The van der Waals surface area contributed by atoms with Crippen LogP contribution < -0.4 is 10.1 Å². The van der Waals surface area contributed by atoms with E-state index in [1.807, 2.05) is 12.1 Å². The van der Waals surface area contributed by atoms with Gasteiger partial charge in [-0.1, -0.05) is 6.92 Å². The van der Waals surface area contributed by atoms with Crippen molar-refractivity contribution < 1.29 is 4.74 Å². The molecule has 0 bridgehead atoms. The largest absolute Gasteiger partial charge is 0.492 e. The van der Waals surface area contributed by atoms with Crippen molar-refractivity contribution in [3.05, 3.63) is 29.8 Å². The van der Waals surface area contributed by atoms with Gasteiger partial charge in [0.2, 0.25) is 0 Å². The lowest BCUT2D eigenvalue weighted by atomic mass is 10.2. The predicted molar refractivity (Wildman–Crippen MR) is 79.8 cm³/mol. The fraction of sp³-hybridized carbons (Fsp3) is 0.562. The van der Waals surface area contributed by atoms with Gasteiger partial charge in [0.15, 0.2) is 0 Å². The van der Waals surface area contributed by atoms with Gasteiger partial charge < -0.3 is 10.1 Å². The number of benzene rings is 1. The second kappa shape index (κ2) is 7.88. The van der Waals surface area contributed by atoms with Crippen LogP contribution in [0.4, 0.5) is 0 Å². The van der Waals surface area contributed by atoms with Crippen molar-refractivity contribution in [1.29, 1.82) is 5.26 Å². The van der Waals surface area contributed by atoms with E-state index in [-0.39, 0.29) is 0 Å². The zero-order valence-electron chi connectivity index (χ0n) is 12.1. The van der Waals surface area contributed by atoms with Gasteiger partial charge in [0.05, 0.1) is 11.6 Å². The lowest BCUT2D eigenvalue weighted by Crippen LogP contribution is -2.39. The lowest BCUT2D eigenvalue weighted by molar-refractivity contribution is 0.203. The van der Waals surface area contributed by atoms with Crippen molar-refractivity contribution in [2.75, 3.05) is 32.8 Å². The summed E-state index contributed by atoms with van der Waals surface area (Å²) in [5.74, 6) is 0.832. The molecule has 1 aromatic carbocycles. The number of hydrogen-bond donors (Lipinski definition) is 1. The van der Waals surface area contributed by atoms with Gasteiger partial charge in [-0.2, -0.15) is 5.26 Å². The van der Waals surface area contributed by atoms with E-state index in [4.69, 9.17) is 10.00 Å². The fourth-order valence-electron chi connectivity index (χ4n) is 2.52. The quantitative estimate of drug-likeness (QED) is 0.825. The summed E-state index contributed by atoms with van der Waals surface area (Å²) in [7, 11) is 0. The molecule has 1 aromatic rings. The third-order valence-corrected chi connectivity index (χ3v) is 3.75. The van der Waals surface area contributed by atoms with E-state index in [1.54, 1.807) is 12.1 Å². The van der Waals surface area contributed by atoms with E-state index in [1.165, 1.54) is 12.8 Å². The minimum atomic E-state index is 0.643. The highest BCUT2D eigenvalue weighted by Crippen LogP contribution is 2.12. The summed E-state index contributed by atoms with van der Waals surface area (Å²) in [5, 5.41) is 12.3. The molecule has 20 heavy (non-hydrogen) atoms. The Labute approximate surface area is 121 Å². The van der Waals surface area contributed by atoms with Crippen molar-refractivity contribution in [3.8, 4) is 11.8 Å². The molecule has 0 amide bonds. The van der Waals surface area contributed by atoms with Gasteiger partial charge in [-0.15, -0.1) is 0 Å². The second-order valence-electron chi connectivity index (χ2n) is 5.17. The first-order valence-corrected chi connectivity index (χ1v) is 7.40. The van der Waals surface area contributed by atoms with Crippen LogP contribution in [0.1, 0.15) is 25.3 Å². The molecular weight excluding hydrogens is 250 g/mol. The molecule has 4 heteroatoms. The van der Waals surface area contributed by atoms with Crippen molar-refractivity contribution >= 4 is 0 Å². The highest BCUT2D eigenvalue weighted by molar-refractivity contribution is 5.34. The van der Waals surface area contributed by atoms with Crippen LogP contribution in [0, 0.1) is 11.3 Å². The van der Waals surface area contributed by atoms with E-state index in [0.29, 0.717) is 18.2 Å². The van der Waals surface area contributed by atoms with E-state index in [2.05, 4.69) is 23.2 Å². The molecule has 1 heterocycles. The van der Waals surface area contributed by atoms with Crippen LogP contribution in [0.5, 0.6) is 5.75 Å². The minimum absolute atomic E-state index is 0.643. The Hall–Kier alpha value is -1.57. The van der Waals surface area contributed by atoms with Gasteiger partial charge in [0, 0.05) is 19.1 Å². The minimum Gasteiger partial charge on any atom is -0.492 e. The molecule has 1 atom stereocenters. The van der Waals surface area contributed by atoms with E-state index in [9.17, 15) is 0 Å². The van der Waals surface area contributed by atoms with Crippen molar-refractivity contribution in [3.63, 3.8) is 0 Å². The SMILES string of the molecule is CCN(CCOc1ccc(C#N)cc1)CC1CCCN1. The smallest absolute Gasteiger partial charge is 0.119 e. The molecular formula is C16H23N3O. The van der Waals surface area contributed by atoms with E-state index < -0.39 is 0 Å². The zero-order valence-corrected chi connectivity index (χ0v) is 12.1. The first-order valence-electron chi connectivity index (χ1n) is 7.40. The van der Waals surface area contributed by atoms with Crippen LogP contribution >= 0.6 is 0 Å². The third-order valence-electron chi connectivity index (χ3n) is 3.75. The summed E-state index contributed by atoms with van der Waals surface area (Å²) in [6.07, 6.45) is 2.58. The molecule has 0 radical (unpaired) electrons. The average molecular weight is 273 g/mol. The highest BCUT2D eigenvalue weighted by atomic mass is 16.5. The Kier molecular flexibility index (Phi) is 5.85. The van der Waals surface area contributed by atoms with Crippen LogP contribution in [0.3, 0.4) is 0 Å². The van der Waals surface area contributed by atoms with Gasteiger partial charge >= 0.3 is 0 Å². The standard InChI is InChI=1S/C16H23N3O/c1-2-19(13-15-4-3-9-18-15)10-11-20-16-7-5-14(12-17)6-8-16/h5-8,15,18H,2-4,9-11,13H2,1H3. The van der Waals surface area contributed by atoms with Gasteiger partial charge in [0.25, 0.3) is 0 Å². The van der Waals surface area contributed by atoms with Gasteiger partial charge in [-0.3, -0.25) is 4.90 Å². The Morgan fingerprint density at radius 2 is 2.20 bits per heavy atom. The number of nitriles is 1. The maximum atomic E-state index is 8.74. The number of nitrogens with one attached hydrogen (secondary N) is 1. The maximum Gasteiger partial charge on any atom is 0.119 e. The predicted octanol–water partition coefficient (Wildman–Crippen LogP) is 2.01. The van der Waals surface area contributed by atoms with Gasteiger partial charge in [0.1, 0.15) is 12.4 Å². The highest BCUT2D eigenvalue weighted by Gasteiger charge is 2.16. The molecule has 1 fully saturated rings. The van der Waals surface area contributed by atoms with E-state index >= 15 is 0 Å². The molecule has 4 nitrogen and oxygen atoms in total. The Bertz CT molecular complexity index is 432. The molecule has 0 aromatic heterocycles. The molecule has 1 N–H and O–H groups in total. The Morgan fingerprint density at radius 1 is 1.40 bits per heavy atom. The summed E-state index contributed by atoms with van der Waals surface area (Å²) in [5.41, 5.74) is 0.667. The summed E-state index contributed by atoms with van der Waals surface area (Å²) in [4.78, 5) is 2.42. The maximum absolute atomic E-state index is 8.74. The van der Waals surface area contributed by atoms with Crippen LogP contribution in [0.25, 0.3) is 0 Å². The Balaban J connectivity index is 1.71. The number of ether oxygens (including phenoxy) is 1. The van der Waals surface area contributed by atoms with E-state index in [0.717, 1.165) is 31.9 Å². The second-order valence-corrected chi connectivity index (χ2v) is 5.17. The van der Waals surface area contributed by atoms with Crippen LogP contribution in [-0.2, 0) is 0 Å². The zero-order chi connectivity index (χ0) is 14.2. The first kappa shape index (κ1) is 14.8. The number of rotatable bonds is 7. The van der Waals surface area contributed by atoms with Gasteiger partial charge in [-0.05, 0) is 50.2 Å².